The number of hydrogen-bond donors (Lipinski definition) is 1. The Morgan fingerprint density at radius 1 is 1.12 bits per heavy atom. The molecule has 1 N–H and O–H groups in total. The Hall–Kier alpha value is -2.08. The van der Waals surface area contributed by atoms with Gasteiger partial charge < -0.3 is 4.74 Å². The highest BCUT2D eigenvalue weighted by Crippen LogP contribution is 2.34. The Morgan fingerprint density at radius 3 is 2.54 bits per heavy atom. The smallest absolute Gasteiger partial charge is 0.262 e. The number of carbonyl (C=O) groups excluding carboxylic acids is 1. The van der Waals surface area contributed by atoms with Gasteiger partial charge in [-0.25, -0.2) is 4.98 Å². The second-order valence-corrected chi connectivity index (χ2v) is 6.47. The van der Waals surface area contributed by atoms with E-state index in [1.807, 2.05) is 35.7 Å². The highest BCUT2D eigenvalue weighted by atomic mass is 35.5. The number of nitrogens with zero attached hydrogens (tertiary/aromatic N) is 1. The van der Waals surface area contributed by atoms with Crippen molar-refractivity contribution in [1.29, 1.82) is 0 Å². The maximum atomic E-state index is 12.5. The number of methoxy groups -OCH3 is 1. The maximum Gasteiger partial charge on any atom is 0.262 e. The van der Waals surface area contributed by atoms with Crippen LogP contribution in [-0.2, 0) is 0 Å². The fourth-order valence-electron chi connectivity index (χ4n) is 2.18. The Kier molecular flexibility index (Phi) is 5.04. The van der Waals surface area contributed by atoms with Crippen LogP contribution in [0.1, 0.15) is 10.4 Å². The molecule has 1 aromatic heterocycles. The average molecular weight is 379 g/mol. The van der Waals surface area contributed by atoms with Gasteiger partial charge in [-0.1, -0.05) is 53.5 Å². The fourth-order valence-corrected chi connectivity index (χ4v) is 3.36. The summed E-state index contributed by atoms with van der Waals surface area (Å²) >= 11 is 13.5. The van der Waals surface area contributed by atoms with Crippen molar-refractivity contribution in [2.24, 2.45) is 0 Å². The topological polar surface area (TPSA) is 51.2 Å². The normalized spacial score (nSPS) is 10.5. The minimum atomic E-state index is -0.423. The van der Waals surface area contributed by atoms with Crippen LogP contribution in [-0.4, -0.2) is 18.0 Å². The number of aromatic nitrogens is 1. The third kappa shape index (κ3) is 3.38. The monoisotopic (exact) mass is 378 g/mol. The SMILES string of the molecule is COc1c(Cl)ccc(Cl)c1C(=O)Nc1nc(-c2ccccc2)cs1. The first-order valence-corrected chi connectivity index (χ1v) is 8.58. The molecule has 0 unspecified atom stereocenters. The van der Waals surface area contributed by atoms with Gasteiger partial charge >= 0.3 is 0 Å². The highest BCUT2D eigenvalue weighted by molar-refractivity contribution is 7.14. The maximum absolute atomic E-state index is 12.5. The summed E-state index contributed by atoms with van der Waals surface area (Å²) in [6, 6.07) is 12.9. The van der Waals surface area contributed by atoms with Gasteiger partial charge in [0.25, 0.3) is 5.91 Å². The predicted octanol–water partition coefficient (Wildman–Crippen LogP) is 5.38. The molecule has 24 heavy (non-hydrogen) atoms. The van der Waals surface area contributed by atoms with Crippen LogP contribution in [0, 0.1) is 0 Å². The zero-order valence-corrected chi connectivity index (χ0v) is 14.9. The summed E-state index contributed by atoms with van der Waals surface area (Å²) in [7, 11) is 1.44. The van der Waals surface area contributed by atoms with Gasteiger partial charge in [0.05, 0.1) is 22.8 Å². The van der Waals surface area contributed by atoms with Crippen molar-refractivity contribution in [2.75, 3.05) is 12.4 Å². The molecule has 0 spiro atoms. The van der Waals surface area contributed by atoms with E-state index in [0.717, 1.165) is 11.3 Å². The van der Waals surface area contributed by atoms with Crippen LogP contribution in [0.4, 0.5) is 5.13 Å². The molecular weight excluding hydrogens is 367 g/mol. The molecule has 0 radical (unpaired) electrons. The first kappa shape index (κ1) is 16.8. The number of ether oxygens (including phenoxy) is 1. The molecule has 0 aliphatic rings. The fraction of sp³-hybridized carbons (Fsp3) is 0.0588. The first-order valence-electron chi connectivity index (χ1n) is 6.94. The van der Waals surface area contributed by atoms with E-state index in [9.17, 15) is 4.79 Å². The standard InChI is InChI=1S/C17H12Cl2N2O2S/c1-23-15-12(19)8-7-11(18)14(15)16(22)21-17-20-13(9-24-17)10-5-3-2-4-6-10/h2-9H,1H3,(H,20,21,22). The van der Waals surface area contributed by atoms with Crippen molar-refractivity contribution >= 4 is 45.6 Å². The number of hydrogen-bond acceptors (Lipinski definition) is 4. The van der Waals surface area contributed by atoms with Gasteiger partial charge in [-0.2, -0.15) is 0 Å². The van der Waals surface area contributed by atoms with Gasteiger partial charge in [0.15, 0.2) is 10.9 Å². The van der Waals surface area contributed by atoms with Crippen LogP contribution in [0.3, 0.4) is 0 Å². The van der Waals surface area contributed by atoms with E-state index in [1.54, 1.807) is 12.1 Å². The molecule has 4 nitrogen and oxygen atoms in total. The van der Waals surface area contributed by atoms with Gasteiger partial charge in [-0.3, -0.25) is 10.1 Å². The van der Waals surface area contributed by atoms with Crippen molar-refractivity contribution in [3.8, 4) is 17.0 Å². The van der Waals surface area contributed by atoms with E-state index in [0.29, 0.717) is 10.2 Å². The highest BCUT2D eigenvalue weighted by Gasteiger charge is 2.20. The summed E-state index contributed by atoms with van der Waals surface area (Å²) in [5, 5.41) is 5.66. The number of anilines is 1. The third-order valence-corrected chi connectivity index (χ3v) is 4.65. The van der Waals surface area contributed by atoms with Gasteiger partial charge in [0, 0.05) is 10.9 Å². The Morgan fingerprint density at radius 2 is 1.83 bits per heavy atom. The molecule has 0 saturated heterocycles. The largest absolute Gasteiger partial charge is 0.494 e. The van der Waals surface area contributed by atoms with Gasteiger partial charge in [-0.05, 0) is 12.1 Å². The molecule has 0 aliphatic carbocycles. The van der Waals surface area contributed by atoms with Gasteiger partial charge in [0.2, 0.25) is 0 Å². The molecule has 1 amide bonds. The zero-order chi connectivity index (χ0) is 17.1. The Bertz CT molecular complexity index is 882. The van der Waals surface area contributed by atoms with E-state index >= 15 is 0 Å². The van der Waals surface area contributed by atoms with E-state index < -0.39 is 5.91 Å². The van der Waals surface area contributed by atoms with Crippen LogP contribution < -0.4 is 10.1 Å². The molecular formula is C17H12Cl2N2O2S. The Labute approximate surface area is 153 Å². The number of halogens is 2. The van der Waals surface area contributed by atoms with Crippen LogP contribution in [0.2, 0.25) is 10.0 Å². The third-order valence-electron chi connectivity index (χ3n) is 3.28. The molecule has 0 bridgehead atoms. The average Bonchev–Trinajstić information content (AvgIpc) is 3.05. The first-order chi connectivity index (χ1) is 11.6. The lowest BCUT2D eigenvalue weighted by Crippen LogP contribution is -2.14. The van der Waals surface area contributed by atoms with Crippen LogP contribution in [0.25, 0.3) is 11.3 Å². The number of carbonyl (C=O) groups is 1. The van der Waals surface area contributed by atoms with Crippen molar-refractivity contribution in [1.82, 2.24) is 4.98 Å². The molecule has 122 valence electrons. The van der Waals surface area contributed by atoms with Gasteiger partial charge in [0.1, 0.15) is 5.56 Å². The molecule has 2 aromatic carbocycles. The second-order valence-electron chi connectivity index (χ2n) is 4.80. The van der Waals surface area contributed by atoms with E-state index in [1.165, 1.54) is 18.4 Å². The lowest BCUT2D eigenvalue weighted by molar-refractivity contribution is 0.102. The number of thiazole rings is 1. The number of amides is 1. The molecule has 0 saturated carbocycles. The molecule has 0 fully saturated rings. The summed E-state index contributed by atoms with van der Waals surface area (Å²) in [5.41, 5.74) is 1.95. The molecule has 0 atom stereocenters. The quantitative estimate of drug-likeness (QED) is 0.662. The predicted molar refractivity (Wildman–Crippen MR) is 98.5 cm³/mol. The van der Waals surface area contributed by atoms with Crippen molar-refractivity contribution in [3.63, 3.8) is 0 Å². The second kappa shape index (κ2) is 7.21. The van der Waals surface area contributed by atoms with Crippen molar-refractivity contribution < 1.29 is 9.53 Å². The zero-order valence-electron chi connectivity index (χ0n) is 12.5. The van der Waals surface area contributed by atoms with Crippen LogP contribution in [0.5, 0.6) is 5.75 Å². The van der Waals surface area contributed by atoms with E-state index in [-0.39, 0.29) is 16.3 Å². The minimum Gasteiger partial charge on any atom is -0.494 e. The number of nitrogens with one attached hydrogen (secondary N) is 1. The van der Waals surface area contributed by atoms with E-state index in [2.05, 4.69) is 10.3 Å². The summed E-state index contributed by atoms with van der Waals surface area (Å²) < 4.78 is 5.20. The molecule has 3 aromatic rings. The van der Waals surface area contributed by atoms with Crippen LogP contribution >= 0.6 is 34.5 Å². The summed E-state index contributed by atoms with van der Waals surface area (Å²) in [6.45, 7) is 0. The molecule has 1 heterocycles. The summed E-state index contributed by atoms with van der Waals surface area (Å²) in [5.74, 6) is -0.185. The summed E-state index contributed by atoms with van der Waals surface area (Å²) in [6.07, 6.45) is 0. The van der Waals surface area contributed by atoms with Crippen molar-refractivity contribution in [3.05, 3.63) is 63.5 Å². The Balaban J connectivity index is 1.87. The van der Waals surface area contributed by atoms with E-state index in [4.69, 9.17) is 27.9 Å². The molecule has 3 rings (SSSR count). The molecule has 0 aliphatic heterocycles. The lowest BCUT2D eigenvalue weighted by Gasteiger charge is -2.11. The number of rotatable bonds is 4. The van der Waals surface area contributed by atoms with Crippen molar-refractivity contribution in [2.45, 2.75) is 0 Å². The summed E-state index contributed by atoms with van der Waals surface area (Å²) in [4.78, 5) is 17.0. The molecule has 7 heteroatoms. The lowest BCUT2D eigenvalue weighted by atomic mass is 10.2. The minimum absolute atomic E-state index is 0.183. The van der Waals surface area contributed by atoms with Gasteiger partial charge in [-0.15, -0.1) is 11.3 Å². The van der Waals surface area contributed by atoms with Crippen LogP contribution in [0.15, 0.2) is 47.8 Å². The number of benzene rings is 2.